The topological polar surface area (TPSA) is 93.7 Å². The Hall–Kier alpha value is -3.30. The zero-order valence-corrected chi connectivity index (χ0v) is 19.8. The van der Waals surface area contributed by atoms with Crippen molar-refractivity contribution < 1.29 is 9.50 Å². The standard InChI is InChI=1S/C23H25ClFN7O/c1-6-16-20(14-7-9-15(25)10-8-14)31(5)30-22(16)28-17-11-18(27-12-26-17)32-21(23(3,4)33)19(24)13(2)29-32/h7-12,33H,6H2,1-5H3,(H,26,27,28,30). The average Bonchev–Trinajstić information content (AvgIpc) is 3.24. The highest BCUT2D eigenvalue weighted by Crippen LogP contribution is 2.33. The van der Waals surface area contributed by atoms with Crippen LogP contribution in [0.5, 0.6) is 0 Å². The molecule has 0 unspecified atom stereocenters. The van der Waals surface area contributed by atoms with E-state index in [0.29, 0.717) is 40.3 Å². The third-order valence-corrected chi connectivity index (χ3v) is 5.75. The fourth-order valence-electron chi connectivity index (χ4n) is 3.83. The van der Waals surface area contributed by atoms with Crippen LogP contribution < -0.4 is 5.32 Å². The van der Waals surface area contributed by atoms with E-state index in [2.05, 4.69) is 25.5 Å². The lowest BCUT2D eigenvalue weighted by atomic mass is 10.1. The molecular formula is C23H25ClFN7O. The smallest absolute Gasteiger partial charge is 0.159 e. The minimum Gasteiger partial charge on any atom is -0.384 e. The second kappa shape index (κ2) is 8.57. The van der Waals surface area contributed by atoms with Crippen LogP contribution in [0.3, 0.4) is 0 Å². The summed E-state index contributed by atoms with van der Waals surface area (Å²) in [6.45, 7) is 7.09. The van der Waals surface area contributed by atoms with E-state index < -0.39 is 5.60 Å². The summed E-state index contributed by atoms with van der Waals surface area (Å²) < 4.78 is 16.7. The van der Waals surface area contributed by atoms with E-state index in [1.807, 2.05) is 14.0 Å². The van der Waals surface area contributed by atoms with Gasteiger partial charge in [0.25, 0.3) is 0 Å². The number of nitrogens with one attached hydrogen (secondary N) is 1. The number of aliphatic hydroxyl groups is 1. The predicted molar refractivity (Wildman–Crippen MR) is 125 cm³/mol. The quantitative estimate of drug-likeness (QED) is 0.425. The van der Waals surface area contributed by atoms with Crippen LogP contribution in [0.2, 0.25) is 5.02 Å². The number of benzene rings is 1. The summed E-state index contributed by atoms with van der Waals surface area (Å²) in [5.41, 5.74) is 2.54. The molecule has 0 aliphatic carbocycles. The maximum atomic E-state index is 13.4. The molecule has 0 bridgehead atoms. The summed E-state index contributed by atoms with van der Waals surface area (Å²) >= 11 is 6.41. The maximum Gasteiger partial charge on any atom is 0.159 e. The first-order valence-corrected chi connectivity index (χ1v) is 10.9. The van der Waals surface area contributed by atoms with Crippen molar-refractivity contribution in [3.63, 3.8) is 0 Å². The molecule has 0 fully saturated rings. The molecule has 0 amide bonds. The molecule has 1 aromatic carbocycles. The Labute approximate surface area is 196 Å². The minimum absolute atomic E-state index is 0.287. The van der Waals surface area contributed by atoms with Gasteiger partial charge in [-0.05, 0) is 51.5 Å². The number of halogens is 2. The highest BCUT2D eigenvalue weighted by molar-refractivity contribution is 6.32. The van der Waals surface area contributed by atoms with Crippen molar-refractivity contribution >= 4 is 23.2 Å². The molecular weight excluding hydrogens is 445 g/mol. The molecule has 3 heterocycles. The van der Waals surface area contributed by atoms with Gasteiger partial charge in [0, 0.05) is 24.2 Å². The second-order valence-corrected chi connectivity index (χ2v) is 8.64. The van der Waals surface area contributed by atoms with E-state index >= 15 is 0 Å². The number of anilines is 2. The van der Waals surface area contributed by atoms with Gasteiger partial charge in [-0.3, -0.25) is 4.68 Å². The molecule has 0 saturated carbocycles. The van der Waals surface area contributed by atoms with Crippen LogP contribution in [-0.2, 0) is 19.1 Å². The summed E-state index contributed by atoms with van der Waals surface area (Å²) in [5.74, 6) is 1.31. The lowest BCUT2D eigenvalue weighted by Crippen LogP contribution is -2.21. The Bertz CT molecular complexity index is 1310. The number of rotatable bonds is 6. The van der Waals surface area contributed by atoms with Crippen molar-refractivity contribution in [3.05, 3.63) is 64.5 Å². The van der Waals surface area contributed by atoms with Crippen LogP contribution in [0, 0.1) is 12.7 Å². The third-order valence-electron chi connectivity index (χ3n) is 5.30. The highest BCUT2D eigenvalue weighted by Gasteiger charge is 2.28. The largest absolute Gasteiger partial charge is 0.384 e. The zero-order chi connectivity index (χ0) is 23.9. The van der Waals surface area contributed by atoms with Gasteiger partial charge >= 0.3 is 0 Å². The van der Waals surface area contributed by atoms with Crippen molar-refractivity contribution in [3.8, 4) is 17.1 Å². The maximum absolute atomic E-state index is 13.4. The minimum atomic E-state index is -1.22. The Morgan fingerprint density at radius 1 is 1.15 bits per heavy atom. The summed E-state index contributed by atoms with van der Waals surface area (Å²) in [5, 5.41) is 23.3. The summed E-state index contributed by atoms with van der Waals surface area (Å²) in [6, 6.07) is 8.05. The van der Waals surface area contributed by atoms with Gasteiger partial charge in [-0.2, -0.15) is 10.2 Å². The lowest BCUT2D eigenvalue weighted by molar-refractivity contribution is 0.0711. The number of hydrogen-bond donors (Lipinski definition) is 2. The molecule has 4 aromatic rings. The molecule has 3 aromatic heterocycles. The average molecular weight is 470 g/mol. The number of nitrogens with zero attached hydrogens (tertiary/aromatic N) is 6. The molecule has 33 heavy (non-hydrogen) atoms. The second-order valence-electron chi connectivity index (χ2n) is 8.27. The molecule has 0 aliphatic rings. The van der Waals surface area contributed by atoms with Crippen molar-refractivity contribution in [1.29, 1.82) is 0 Å². The van der Waals surface area contributed by atoms with Crippen LogP contribution in [0.1, 0.15) is 37.7 Å². The molecule has 0 radical (unpaired) electrons. The molecule has 10 heteroatoms. The lowest BCUT2D eigenvalue weighted by Gasteiger charge is -2.19. The first kappa shape index (κ1) is 22.9. The van der Waals surface area contributed by atoms with Gasteiger partial charge in [-0.15, -0.1) is 0 Å². The molecule has 8 nitrogen and oxygen atoms in total. The van der Waals surface area contributed by atoms with E-state index in [9.17, 15) is 9.50 Å². The number of aromatic nitrogens is 6. The van der Waals surface area contributed by atoms with Gasteiger partial charge < -0.3 is 10.4 Å². The van der Waals surface area contributed by atoms with Gasteiger partial charge in [-0.1, -0.05) is 18.5 Å². The van der Waals surface area contributed by atoms with Crippen LogP contribution >= 0.6 is 11.6 Å². The summed E-state index contributed by atoms with van der Waals surface area (Å²) in [4.78, 5) is 8.64. The van der Waals surface area contributed by atoms with Crippen LogP contribution in [0.15, 0.2) is 36.7 Å². The van der Waals surface area contributed by atoms with Gasteiger partial charge in [0.1, 0.15) is 23.6 Å². The van der Waals surface area contributed by atoms with Gasteiger partial charge in [-0.25, -0.2) is 19.0 Å². The molecule has 172 valence electrons. The van der Waals surface area contributed by atoms with E-state index in [1.54, 1.807) is 43.7 Å². The monoisotopic (exact) mass is 469 g/mol. The Morgan fingerprint density at radius 2 is 1.85 bits per heavy atom. The molecule has 4 rings (SSSR count). The SMILES string of the molecule is CCc1c(Nc2cc(-n3nc(C)c(Cl)c3C(C)(C)O)ncn2)nn(C)c1-c1ccc(F)cc1. The fourth-order valence-corrected chi connectivity index (χ4v) is 4.18. The molecule has 2 N–H and O–H groups in total. The molecule has 0 atom stereocenters. The van der Waals surface area contributed by atoms with Gasteiger partial charge in [0.15, 0.2) is 11.6 Å². The van der Waals surface area contributed by atoms with Crippen LogP contribution in [-0.4, -0.2) is 34.6 Å². The zero-order valence-electron chi connectivity index (χ0n) is 19.1. The van der Waals surface area contributed by atoms with Crippen molar-refractivity contribution in [1.82, 2.24) is 29.5 Å². The van der Waals surface area contributed by atoms with E-state index in [4.69, 9.17) is 11.6 Å². The summed E-state index contributed by atoms with van der Waals surface area (Å²) in [7, 11) is 1.85. The molecule has 0 aliphatic heterocycles. The Kier molecular flexibility index (Phi) is 5.94. The van der Waals surface area contributed by atoms with Crippen molar-refractivity contribution in [2.24, 2.45) is 7.05 Å². The number of hydrogen-bond acceptors (Lipinski definition) is 6. The predicted octanol–water partition coefficient (Wildman–Crippen LogP) is 4.70. The van der Waals surface area contributed by atoms with Gasteiger partial charge in [0.05, 0.1) is 22.1 Å². The van der Waals surface area contributed by atoms with Gasteiger partial charge in [0.2, 0.25) is 0 Å². The highest BCUT2D eigenvalue weighted by atomic mass is 35.5. The van der Waals surface area contributed by atoms with E-state index in [-0.39, 0.29) is 5.82 Å². The van der Waals surface area contributed by atoms with E-state index in [0.717, 1.165) is 16.8 Å². The normalized spacial score (nSPS) is 11.8. The van der Waals surface area contributed by atoms with Crippen molar-refractivity contribution in [2.45, 2.75) is 39.7 Å². The fraction of sp³-hybridized carbons (Fsp3) is 0.304. The molecule has 0 saturated heterocycles. The molecule has 0 spiro atoms. The van der Waals surface area contributed by atoms with Crippen LogP contribution in [0.25, 0.3) is 17.1 Å². The first-order chi connectivity index (χ1) is 15.6. The first-order valence-electron chi connectivity index (χ1n) is 10.5. The summed E-state index contributed by atoms with van der Waals surface area (Å²) in [6.07, 6.45) is 2.11. The third kappa shape index (κ3) is 4.34. The van der Waals surface area contributed by atoms with E-state index in [1.165, 1.54) is 23.1 Å². The van der Waals surface area contributed by atoms with Crippen molar-refractivity contribution in [2.75, 3.05) is 5.32 Å². The number of aryl methyl sites for hydroxylation is 2. The Balaban J connectivity index is 1.73. The Morgan fingerprint density at radius 3 is 2.48 bits per heavy atom. The van der Waals surface area contributed by atoms with Crippen LogP contribution in [0.4, 0.5) is 16.0 Å².